The standard InChI is InChI=1S/C18H26N4O/c1-21-8-4-15(12-21)11-17-20-16-3-2-7-19-18(16)22(17)13-14-5-9-23-10-6-14/h2-3,7,14-15H,4-6,8-13H2,1H3. The SMILES string of the molecule is CN1CCC(Cc2nc3cccnc3n2CC2CCOCC2)C1. The van der Waals surface area contributed by atoms with E-state index in [1.165, 1.54) is 25.3 Å². The highest BCUT2D eigenvalue weighted by atomic mass is 16.5. The Kier molecular flexibility index (Phi) is 4.31. The first-order valence-corrected chi connectivity index (χ1v) is 8.86. The van der Waals surface area contributed by atoms with Crippen molar-refractivity contribution in [2.24, 2.45) is 11.8 Å². The van der Waals surface area contributed by atoms with Gasteiger partial charge in [0, 0.05) is 38.9 Å². The summed E-state index contributed by atoms with van der Waals surface area (Å²) in [4.78, 5) is 12.0. The van der Waals surface area contributed by atoms with E-state index in [0.29, 0.717) is 5.92 Å². The molecule has 1 atom stereocenters. The molecule has 1 unspecified atom stereocenters. The molecule has 0 N–H and O–H groups in total. The van der Waals surface area contributed by atoms with Crippen LogP contribution < -0.4 is 0 Å². The second-order valence-electron chi connectivity index (χ2n) is 7.16. The topological polar surface area (TPSA) is 43.2 Å². The summed E-state index contributed by atoms with van der Waals surface area (Å²) in [5.41, 5.74) is 2.10. The van der Waals surface area contributed by atoms with Crippen molar-refractivity contribution in [3.8, 4) is 0 Å². The van der Waals surface area contributed by atoms with Gasteiger partial charge in [0.2, 0.25) is 0 Å². The van der Waals surface area contributed by atoms with Crippen LogP contribution >= 0.6 is 0 Å². The third-order valence-electron chi connectivity index (χ3n) is 5.32. The van der Waals surface area contributed by atoms with Crippen LogP contribution in [-0.4, -0.2) is 52.8 Å². The fourth-order valence-corrected chi connectivity index (χ4v) is 3.99. The van der Waals surface area contributed by atoms with E-state index in [1.54, 1.807) is 0 Å². The smallest absolute Gasteiger partial charge is 0.159 e. The Morgan fingerprint density at radius 2 is 2.09 bits per heavy atom. The van der Waals surface area contributed by atoms with E-state index < -0.39 is 0 Å². The average Bonchev–Trinajstić information content (AvgIpc) is 3.13. The molecule has 2 aliphatic heterocycles. The molecule has 0 radical (unpaired) electrons. The first-order valence-electron chi connectivity index (χ1n) is 8.86. The molecule has 0 bridgehead atoms. The number of rotatable bonds is 4. The summed E-state index contributed by atoms with van der Waals surface area (Å²) in [6.07, 6.45) is 6.54. The molecule has 0 aromatic carbocycles. The molecule has 4 heterocycles. The van der Waals surface area contributed by atoms with Crippen molar-refractivity contribution in [1.29, 1.82) is 0 Å². The zero-order valence-electron chi connectivity index (χ0n) is 13.9. The number of fused-ring (bicyclic) bond motifs is 1. The van der Waals surface area contributed by atoms with Crippen LogP contribution in [0.15, 0.2) is 18.3 Å². The Balaban J connectivity index is 1.61. The first kappa shape index (κ1) is 15.1. The molecule has 2 aromatic rings. The summed E-state index contributed by atoms with van der Waals surface area (Å²) in [7, 11) is 2.21. The van der Waals surface area contributed by atoms with Crippen molar-refractivity contribution in [3.63, 3.8) is 0 Å². The highest BCUT2D eigenvalue weighted by Crippen LogP contribution is 2.25. The highest BCUT2D eigenvalue weighted by molar-refractivity contribution is 5.71. The lowest BCUT2D eigenvalue weighted by atomic mass is 10.00. The maximum absolute atomic E-state index is 5.51. The van der Waals surface area contributed by atoms with E-state index in [1.807, 2.05) is 12.3 Å². The first-order chi connectivity index (χ1) is 11.3. The maximum atomic E-state index is 5.51. The van der Waals surface area contributed by atoms with Crippen LogP contribution in [0.25, 0.3) is 11.2 Å². The third kappa shape index (κ3) is 3.26. The van der Waals surface area contributed by atoms with Gasteiger partial charge < -0.3 is 14.2 Å². The van der Waals surface area contributed by atoms with Gasteiger partial charge in [0.1, 0.15) is 11.3 Å². The van der Waals surface area contributed by atoms with Crippen molar-refractivity contribution in [2.75, 3.05) is 33.4 Å². The van der Waals surface area contributed by atoms with Crippen LogP contribution in [-0.2, 0) is 17.7 Å². The Bertz CT molecular complexity index is 662. The summed E-state index contributed by atoms with van der Waals surface area (Å²) in [5, 5.41) is 0. The summed E-state index contributed by atoms with van der Waals surface area (Å²) >= 11 is 0. The van der Waals surface area contributed by atoms with Crippen molar-refractivity contribution in [3.05, 3.63) is 24.2 Å². The van der Waals surface area contributed by atoms with Crippen LogP contribution in [0, 0.1) is 11.8 Å². The highest BCUT2D eigenvalue weighted by Gasteiger charge is 2.24. The van der Waals surface area contributed by atoms with E-state index in [0.717, 1.165) is 56.1 Å². The van der Waals surface area contributed by atoms with Crippen molar-refractivity contribution < 1.29 is 4.74 Å². The third-order valence-corrected chi connectivity index (χ3v) is 5.32. The summed E-state index contributed by atoms with van der Waals surface area (Å²) in [6.45, 7) is 5.23. The largest absolute Gasteiger partial charge is 0.381 e. The number of aromatic nitrogens is 3. The van der Waals surface area contributed by atoms with Crippen LogP contribution in [0.5, 0.6) is 0 Å². The molecule has 0 amide bonds. The molecular formula is C18H26N4O. The van der Waals surface area contributed by atoms with Gasteiger partial charge >= 0.3 is 0 Å². The lowest BCUT2D eigenvalue weighted by molar-refractivity contribution is 0.0612. The summed E-state index contributed by atoms with van der Waals surface area (Å²) < 4.78 is 7.90. The molecule has 4 rings (SSSR count). The molecule has 2 aromatic heterocycles. The molecule has 0 aliphatic carbocycles. The number of ether oxygens (including phenoxy) is 1. The zero-order valence-corrected chi connectivity index (χ0v) is 13.9. The molecule has 2 fully saturated rings. The normalized spacial score (nSPS) is 23.8. The molecule has 2 aliphatic rings. The number of nitrogens with zero attached hydrogens (tertiary/aromatic N) is 4. The van der Waals surface area contributed by atoms with Gasteiger partial charge in [0.15, 0.2) is 5.65 Å². The Hall–Kier alpha value is -1.46. The van der Waals surface area contributed by atoms with E-state index in [-0.39, 0.29) is 0 Å². The Morgan fingerprint density at radius 3 is 2.87 bits per heavy atom. The van der Waals surface area contributed by atoms with Gasteiger partial charge in [-0.2, -0.15) is 0 Å². The quantitative estimate of drug-likeness (QED) is 0.869. The number of likely N-dealkylation sites (tertiary alicyclic amines) is 1. The Morgan fingerprint density at radius 1 is 1.22 bits per heavy atom. The summed E-state index contributed by atoms with van der Waals surface area (Å²) in [6, 6.07) is 4.08. The molecule has 124 valence electrons. The van der Waals surface area contributed by atoms with Crippen molar-refractivity contribution in [1.82, 2.24) is 19.4 Å². The molecular weight excluding hydrogens is 288 g/mol. The minimum absolute atomic E-state index is 0.688. The van der Waals surface area contributed by atoms with Gasteiger partial charge in [-0.3, -0.25) is 0 Å². The molecule has 2 saturated heterocycles. The van der Waals surface area contributed by atoms with E-state index in [9.17, 15) is 0 Å². The van der Waals surface area contributed by atoms with Gasteiger partial charge in [-0.1, -0.05) is 0 Å². The van der Waals surface area contributed by atoms with Crippen LogP contribution in [0.3, 0.4) is 0 Å². The fourth-order valence-electron chi connectivity index (χ4n) is 3.99. The number of imidazole rings is 1. The molecule has 0 spiro atoms. The van der Waals surface area contributed by atoms with Crippen LogP contribution in [0.2, 0.25) is 0 Å². The number of hydrogen-bond acceptors (Lipinski definition) is 4. The molecule has 5 heteroatoms. The lowest BCUT2D eigenvalue weighted by Gasteiger charge is -2.23. The minimum atomic E-state index is 0.688. The van der Waals surface area contributed by atoms with Crippen LogP contribution in [0.4, 0.5) is 0 Å². The monoisotopic (exact) mass is 314 g/mol. The predicted octanol–water partition coefficient (Wildman–Crippen LogP) is 2.35. The van der Waals surface area contributed by atoms with Gasteiger partial charge in [0.05, 0.1) is 0 Å². The van der Waals surface area contributed by atoms with Gasteiger partial charge in [-0.05, 0) is 56.8 Å². The van der Waals surface area contributed by atoms with E-state index >= 15 is 0 Å². The predicted molar refractivity (Wildman–Crippen MR) is 90.4 cm³/mol. The van der Waals surface area contributed by atoms with Gasteiger partial charge in [-0.25, -0.2) is 9.97 Å². The Labute approximate surface area is 137 Å². The van der Waals surface area contributed by atoms with Gasteiger partial charge in [-0.15, -0.1) is 0 Å². The second kappa shape index (κ2) is 6.57. The molecule has 0 saturated carbocycles. The van der Waals surface area contributed by atoms with E-state index in [4.69, 9.17) is 9.72 Å². The van der Waals surface area contributed by atoms with E-state index in [2.05, 4.69) is 27.6 Å². The number of hydrogen-bond donors (Lipinski definition) is 0. The zero-order chi connectivity index (χ0) is 15.6. The van der Waals surface area contributed by atoms with Crippen LogP contribution in [0.1, 0.15) is 25.1 Å². The van der Waals surface area contributed by atoms with Crippen molar-refractivity contribution in [2.45, 2.75) is 32.2 Å². The fraction of sp³-hybridized carbons (Fsp3) is 0.667. The van der Waals surface area contributed by atoms with Gasteiger partial charge in [0.25, 0.3) is 0 Å². The second-order valence-corrected chi connectivity index (χ2v) is 7.16. The number of pyridine rings is 1. The maximum Gasteiger partial charge on any atom is 0.159 e. The minimum Gasteiger partial charge on any atom is -0.381 e. The lowest BCUT2D eigenvalue weighted by Crippen LogP contribution is -2.22. The summed E-state index contributed by atoms with van der Waals surface area (Å²) in [5.74, 6) is 2.64. The molecule has 23 heavy (non-hydrogen) atoms. The van der Waals surface area contributed by atoms with Crippen molar-refractivity contribution >= 4 is 11.2 Å². The molecule has 5 nitrogen and oxygen atoms in total. The average molecular weight is 314 g/mol.